The lowest BCUT2D eigenvalue weighted by Crippen LogP contribution is -2.39. The number of nitrogens with one attached hydrogen (secondary N) is 1. The number of methoxy groups -OCH3 is 1. The summed E-state index contributed by atoms with van der Waals surface area (Å²) in [4.78, 5) is 34.2. The molecule has 0 spiro atoms. The summed E-state index contributed by atoms with van der Waals surface area (Å²) < 4.78 is 7.40. The van der Waals surface area contributed by atoms with Crippen LogP contribution in [-0.4, -0.2) is 44.2 Å². The maximum Gasteiger partial charge on any atom is 0.254 e. The van der Waals surface area contributed by atoms with Crippen LogP contribution in [0.25, 0.3) is 0 Å². The molecule has 1 aliphatic rings. The Balaban J connectivity index is 1.61. The van der Waals surface area contributed by atoms with Gasteiger partial charge in [0.2, 0.25) is 0 Å². The summed E-state index contributed by atoms with van der Waals surface area (Å²) in [6.45, 7) is 7.04. The van der Waals surface area contributed by atoms with E-state index < -0.39 is 0 Å². The van der Waals surface area contributed by atoms with Gasteiger partial charge in [0.15, 0.2) is 0 Å². The molecular formula is C22H25N5O3. The van der Waals surface area contributed by atoms with Crippen molar-refractivity contribution in [2.24, 2.45) is 0 Å². The second kappa shape index (κ2) is 7.78. The number of nitrogens with zero attached hydrogens (tertiary/aromatic N) is 4. The Morgan fingerprint density at radius 3 is 2.73 bits per heavy atom. The molecular weight excluding hydrogens is 382 g/mol. The second-order valence-corrected chi connectivity index (χ2v) is 7.66. The number of benzene rings is 1. The number of carbonyl (C=O) groups is 1. The average Bonchev–Trinajstić information content (AvgIpc) is 3.03. The van der Waals surface area contributed by atoms with E-state index in [1.54, 1.807) is 25.0 Å². The van der Waals surface area contributed by atoms with E-state index in [1.165, 1.54) is 0 Å². The minimum atomic E-state index is -0.110. The monoisotopic (exact) mass is 407 g/mol. The second-order valence-electron chi connectivity index (χ2n) is 7.66. The number of rotatable bonds is 4. The van der Waals surface area contributed by atoms with Gasteiger partial charge in [0.05, 0.1) is 31.6 Å². The van der Waals surface area contributed by atoms with Crippen LogP contribution in [0.5, 0.6) is 5.75 Å². The molecule has 156 valence electrons. The fourth-order valence-electron chi connectivity index (χ4n) is 3.95. The number of aromatic amines is 1. The van der Waals surface area contributed by atoms with Crippen LogP contribution in [0.3, 0.4) is 0 Å². The number of hydrogen-bond donors (Lipinski definition) is 1. The van der Waals surface area contributed by atoms with Gasteiger partial charge in [0.1, 0.15) is 11.6 Å². The summed E-state index contributed by atoms with van der Waals surface area (Å²) in [7, 11) is 1.62. The van der Waals surface area contributed by atoms with Gasteiger partial charge in [-0.15, -0.1) is 0 Å². The van der Waals surface area contributed by atoms with E-state index in [1.807, 2.05) is 36.7 Å². The molecule has 1 N–H and O–H groups in total. The lowest BCUT2D eigenvalue weighted by atomic mass is 10.0. The Bertz CT molecular complexity index is 1180. The van der Waals surface area contributed by atoms with Crippen LogP contribution >= 0.6 is 0 Å². The topological polar surface area (TPSA) is 93.1 Å². The molecule has 8 heteroatoms. The fraction of sp³-hybridized carbons (Fsp3) is 0.364. The van der Waals surface area contributed by atoms with Gasteiger partial charge in [-0.05, 0) is 51.5 Å². The number of H-pyrrole nitrogens is 1. The Hall–Kier alpha value is -3.42. The van der Waals surface area contributed by atoms with Crippen LogP contribution in [0, 0.1) is 20.8 Å². The molecule has 0 saturated heterocycles. The van der Waals surface area contributed by atoms with Crippen molar-refractivity contribution in [3.8, 4) is 5.75 Å². The Morgan fingerprint density at radius 1 is 1.23 bits per heavy atom. The molecule has 0 fully saturated rings. The van der Waals surface area contributed by atoms with Crippen LogP contribution in [-0.2, 0) is 19.5 Å². The molecule has 2 aromatic heterocycles. The van der Waals surface area contributed by atoms with Gasteiger partial charge in [-0.3, -0.25) is 14.3 Å². The van der Waals surface area contributed by atoms with E-state index in [-0.39, 0.29) is 11.5 Å². The van der Waals surface area contributed by atoms with E-state index >= 15 is 0 Å². The normalized spacial score (nSPS) is 13.3. The molecule has 0 unspecified atom stereocenters. The van der Waals surface area contributed by atoms with E-state index in [0.717, 1.165) is 17.0 Å². The summed E-state index contributed by atoms with van der Waals surface area (Å²) in [5, 5.41) is 4.51. The summed E-state index contributed by atoms with van der Waals surface area (Å²) in [5.41, 5.74) is 4.70. The zero-order valence-electron chi connectivity index (χ0n) is 17.7. The molecule has 3 heterocycles. The number of amides is 1. The van der Waals surface area contributed by atoms with E-state index in [2.05, 4.69) is 15.1 Å². The number of aryl methyl sites for hydroxylation is 3. The van der Waals surface area contributed by atoms with Gasteiger partial charge in [0.25, 0.3) is 11.5 Å². The molecule has 30 heavy (non-hydrogen) atoms. The Morgan fingerprint density at radius 2 is 2.03 bits per heavy atom. The predicted molar refractivity (Wildman–Crippen MR) is 112 cm³/mol. The highest BCUT2D eigenvalue weighted by molar-refractivity contribution is 5.94. The largest absolute Gasteiger partial charge is 0.496 e. The number of hydrogen-bond acceptors (Lipinski definition) is 5. The highest BCUT2D eigenvalue weighted by Gasteiger charge is 2.25. The highest BCUT2D eigenvalue weighted by atomic mass is 16.5. The van der Waals surface area contributed by atoms with Crippen LogP contribution in [0.15, 0.2) is 29.1 Å². The number of fused-ring (bicyclic) bond motifs is 1. The molecule has 0 saturated carbocycles. The quantitative estimate of drug-likeness (QED) is 0.715. The molecule has 0 atom stereocenters. The molecule has 4 rings (SSSR count). The molecule has 0 radical (unpaired) electrons. The first-order valence-corrected chi connectivity index (χ1v) is 9.91. The number of ether oxygens (including phenoxy) is 1. The van der Waals surface area contributed by atoms with Gasteiger partial charge in [-0.2, -0.15) is 5.10 Å². The van der Waals surface area contributed by atoms with Crippen molar-refractivity contribution in [1.29, 1.82) is 0 Å². The lowest BCUT2D eigenvalue weighted by Gasteiger charge is -2.28. The Labute approximate surface area is 174 Å². The van der Waals surface area contributed by atoms with Gasteiger partial charge in [-0.1, -0.05) is 0 Å². The fourth-order valence-corrected chi connectivity index (χ4v) is 3.95. The lowest BCUT2D eigenvalue weighted by molar-refractivity contribution is 0.0731. The van der Waals surface area contributed by atoms with Crippen LogP contribution in [0.2, 0.25) is 0 Å². The van der Waals surface area contributed by atoms with Crippen molar-refractivity contribution in [3.63, 3.8) is 0 Å². The summed E-state index contributed by atoms with van der Waals surface area (Å²) >= 11 is 0. The van der Waals surface area contributed by atoms with Crippen LogP contribution in [0.4, 0.5) is 0 Å². The van der Waals surface area contributed by atoms with Crippen molar-refractivity contribution >= 4 is 5.91 Å². The predicted octanol–water partition coefficient (Wildman–Crippen LogP) is 2.15. The minimum Gasteiger partial charge on any atom is -0.496 e. The summed E-state index contributed by atoms with van der Waals surface area (Å²) in [6, 6.07) is 7.48. The van der Waals surface area contributed by atoms with Crippen molar-refractivity contribution in [3.05, 3.63) is 74.2 Å². The molecule has 0 bridgehead atoms. The van der Waals surface area contributed by atoms with Gasteiger partial charge in [-0.25, -0.2) is 4.98 Å². The van der Waals surface area contributed by atoms with Crippen molar-refractivity contribution in [1.82, 2.24) is 24.6 Å². The molecule has 1 aliphatic heterocycles. The van der Waals surface area contributed by atoms with Crippen molar-refractivity contribution < 1.29 is 9.53 Å². The van der Waals surface area contributed by atoms with E-state index in [0.29, 0.717) is 54.4 Å². The van der Waals surface area contributed by atoms with Crippen LogP contribution < -0.4 is 10.3 Å². The van der Waals surface area contributed by atoms with Gasteiger partial charge in [0, 0.05) is 28.9 Å². The minimum absolute atomic E-state index is 0.0855. The first kappa shape index (κ1) is 19.9. The highest BCUT2D eigenvalue weighted by Crippen LogP contribution is 2.24. The third-order valence-electron chi connectivity index (χ3n) is 5.43. The number of aromatic nitrogens is 4. The molecule has 1 amide bonds. The van der Waals surface area contributed by atoms with Crippen molar-refractivity contribution in [2.45, 2.75) is 40.3 Å². The van der Waals surface area contributed by atoms with E-state index in [4.69, 9.17) is 4.74 Å². The van der Waals surface area contributed by atoms with E-state index in [9.17, 15) is 9.59 Å². The average molecular weight is 407 g/mol. The third-order valence-corrected chi connectivity index (χ3v) is 5.43. The molecule has 8 nitrogen and oxygen atoms in total. The molecule has 0 aliphatic carbocycles. The summed E-state index contributed by atoms with van der Waals surface area (Å²) in [5.74, 6) is 1.19. The first-order chi connectivity index (χ1) is 14.4. The van der Waals surface area contributed by atoms with Gasteiger partial charge < -0.3 is 14.6 Å². The maximum atomic E-state index is 13.2. The first-order valence-electron chi connectivity index (χ1n) is 9.91. The van der Waals surface area contributed by atoms with Gasteiger partial charge >= 0.3 is 0 Å². The summed E-state index contributed by atoms with van der Waals surface area (Å²) in [6.07, 6.45) is 0.498. The SMILES string of the molecule is COc1ccc(C(=O)N2CCc3c(nc(C)[nH]c3=O)C2)cc1Cn1nc(C)cc1C. The molecule has 1 aromatic carbocycles. The Kier molecular flexibility index (Phi) is 5.15. The standard InChI is InChI=1S/C22H25N5O3/c1-13-9-14(2)27(25-13)11-17-10-16(5-6-20(17)30-4)22(29)26-8-7-18-19(12-26)23-15(3)24-21(18)28/h5-6,9-10H,7-8,11-12H2,1-4H3,(H,23,24,28). The molecule has 3 aromatic rings. The maximum absolute atomic E-state index is 13.2. The third kappa shape index (κ3) is 3.72. The van der Waals surface area contributed by atoms with Crippen LogP contribution in [0.1, 0.15) is 44.4 Å². The number of carbonyl (C=O) groups excluding carboxylic acids is 1. The zero-order valence-corrected chi connectivity index (χ0v) is 17.7. The zero-order chi connectivity index (χ0) is 21.4. The van der Waals surface area contributed by atoms with Crippen molar-refractivity contribution in [2.75, 3.05) is 13.7 Å². The smallest absolute Gasteiger partial charge is 0.254 e.